The van der Waals surface area contributed by atoms with Crippen LogP contribution in [0.15, 0.2) is 23.1 Å². The van der Waals surface area contributed by atoms with E-state index in [0.29, 0.717) is 5.56 Å². The first-order chi connectivity index (χ1) is 5.43. The molecule has 0 aliphatic heterocycles. The molecule has 0 saturated carbocycles. The van der Waals surface area contributed by atoms with Crippen LogP contribution in [-0.4, -0.2) is 13.0 Å². The van der Waals surface area contributed by atoms with Crippen LogP contribution in [0.3, 0.4) is 0 Å². The molecule has 0 amide bonds. The molecule has 1 aromatic carbocycles. The third-order valence-electron chi connectivity index (χ3n) is 1.50. The molecule has 0 atom stereocenters. The predicted octanol–water partition coefficient (Wildman–Crippen LogP) is 0.824. The number of benzene rings is 1. The molecular formula is C7H9NO3S. The Labute approximate surface area is 70.8 Å². The van der Waals surface area contributed by atoms with Gasteiger partial charge in [-0.3, -0.25) is 4.55 Å². The largest absolute Gasteiger partial charge is 0.398 e. The van der Waals surface area contributed by atoms with Gasteiger partial charge >= 0.3 is 0 Å². The van der Waals surface area contributed by atoms with E-state index >= 15 is 0 Å². The Morgan fingerprint density at radius 1 is 1.42 bits per heavy atom. The highest BCUT2D eigenvalue weighted by molar-refractivity contribution is 7.86. The minimum absolute atomic E-state index is 0.0671. The van der Waals surface area contributed by atoms with Crippen LogP contribution < -0.4 is 5.73 Å². The maximum Gasteiger partial charge on any atom is 0.296 e. The molecule has 1 rings (SSSR count). The summed E-state index contributed by atoms with van der Waals surface area (Å²) in [6.45, 7) is 1.57. The molecule has 3 N–H and O–H groups in total. The maximum absolute atomic E-state index is 10.8. The number of nitrogens with two attached hydrogens (primary N) is 1. The summed E-state index contributed by atoms with van der Waals surface area (Å²) in [5.74, 6) is 0. The van der Waals surface area contributed by atoms with Gasteiger partial charge in [0.05, 0.1) is 5.69 Å². The smallest absolute Gasteiger partial charge is 0.296 e. The van der Waals surface area contributed by atoms with Crippen molar-refractivity contribution in [3.8, 4) is 0 Å². The quantitative estimate of drug-likeness (QED) is 0.504. The van der Waals surface area contributed by atoms with E-state index in [1.165, 1.54) is 6.07 Å². The molecule has 0 bridgehead atoms. The fourth-order valence-electron chi connectivity index (χ4n) is 1.03. The Hall–Kier alpha value is -1.07. The highest BCUT2D eigenvalue weighted by Gasteiger charge is 2.15. The summed E-state index contributed by atoms with van der Waals surface area (Å²) in [7, 11) is -4.19. The van der Waals surface area contributed by atoms with E-state index in [1.807, 2.05) is 0 Å². The molecule has 0 saturated heterocycles. The van der Waals surface area contributed by atoms with Crippen molar-refractivity contribution in [3.63, 3.8) is 0 Å². The summed E-state index contributed by atoms with van der Waals surface area (Å²) in [6, 6.07) is 4.62. The lowest BCUT2D eigenvalue weighted by Gasteiger charge is -2.04. The van der Waals surface area contributed by atoms with Gasteiger partial charge in [-0.1, -0.05) is 12.1 Å². The van der Waals surface area contributed by atoms with E-state index in [9.17, 15) is 8.42 Å². The van der Waals surface area contributed by atoms with Crippen molar-refractivity contribution in [3.05, 3.63) is 23.8 Å². The van der Waals surface area contributed by atoms with Gasteiger partial charge in [0.1, 0.15) is 4.90 Å². The Kier molecular flexibility index (Phi) is 2.08. The van der Waals surface area contributed by atoms with Gasteiger partial charge in [0, 0.05) is 0 Å². The number of nitrogen functional groups attached to an aromatic ring is 1. The predicted molar refractivity (Wildman–Crippen MR) is 45.4 cm³/mol. The summed E-state index contributed by atoms with van der Waals surface area (Å²) >= 11 is 0. The lowest BCUT2D eigenvalue weighted by Crippen LogP contribution is -2.04. The second-order valence-electron chi connectivity index (χ2n) is 2.47. The monoisotopic (exact) mass is 187 g/mol. The molecule has 0 aliphatic carbocycles. The van der Waals surface area contributed by atoms with Crippen molar-refractivity contribution < 1.29 is 13.0 Å². The zero-order valence-corrected chi connectivity index (χ0v) is 7.30. The van der Waals surface area contributed by atoms with Crippen LogP contribution in [0.1, 0.15) is 5.56 Å². The van der Waals surface area contributed by atoms with E-state index in [4.69, 9.17) is 10.3 Å². The van der Waals surface area contributed by atoms with Crippen LogP contribution in [0, 0.1) is 6.92 Å². The number of aryl methyl sites for hydroxylation is 1. The van der Waals surface area contributed by atoms with Gasteiger partial charge in [-0.15, -0.1) is 0 Å². The summed E-state index contributed by atoms with van der Waals surface area (Å²) in [5.41, 5.74) is 5.88. The minimum atomic E-state index is -4.19. The van der Waals surface area contributed by atoms with Gasteiger partial charge in [0.15, 0.2) is 0 Å². The lowest BCUT2D eigenvalue weighted by atomic mass is 10.2. The van der Waals surface area contributed by atoms with Crippen molar-refractivity contribution >= 4 is 15.8 Å². The standard InChI is InChI=1S/C7H9NO3S/c1-5-3-2-4-6(8)7(5)12(9,10)11/h2-4H,8H2,1H3,(H,9,10,11). The first kappa shape index (κ1) is 9.02. The van der Waals surface area contributed by atoms with Crippen LogP contribution in [0.25, 0.3) is 0 Å². The summed E-state index contributed by atoms with van der Waals surface area (Å²) < 4.78 is 30.2. The molecule has 0 unspecified atom stereocenters. The molecule has 0 spiro atoms. The third kappa shape index (κ3) is 1.57. The normalized spacial score (nSPS) is 11.5. The SMILES string of the molecule is Cc1cccc(N)c1S(=O)(=O)O. The molecular weight excluding hydrogens is 178 g/mol. The number of hydrogen-bond donors (Lipinski definition) is 2. The molecule has 0 fully saturated rings. The molecule has 0 heterocycles. The molecule has 12 heavy (non-hydrogen) atoms. The Balaban J connectivity index is 3.53. The van der Waals surface area contributed by atoms with E-state index < -0.39 is 10.1 Å². The van der Waals surface area contributed by atoms with E-state index in [1.54, 1.807) is 19.1 Å². The molecule has 66 valence electrons. The molecule has 4 nitrogen and oxygen atoms in total. The van der Waals surface area contributed by atoms with Crippen molar-refractivity contribution in [1.29, 1.82) is 0 Å². The lowest BCUT2D eigenvalue weighted by molar-refractivity contribution is 0.483. The fraction of sp³-hybridized carbons (Fsp3) is 0.143. The van der Waals surface area contributed by atoms with Gasteiger partial charge in [-0.2, -0.15) is 8.42 Å². The topological polar surface area (TPSA) is 80.4 Å². The molecule has 0 aliphatic rings. The Morgan fingerprint density at radius 2 is 2.00 bits per heavy atom. The van der Waals surface area contributed by atoms with Crippen LogP contribution in [-0.2, 0) is 10.1 Å². The fourth-order valence-corrected chi connectivity index (χ4v) is 1.87. The molecule has 0 radical (unpaired) electrons. The van der Waals surface area contributed by atoms with Gasteiger partial charge in [0.2, 0.25) is 0 Å². The van der Waals surface area contributed by atoms with E-state index in [2.05, 4.69) is 0 Å². The highest BCUT2D eigenvalue weighted by Crippen LogP contribution is 2.21. The summed E-state index contributed by atoms with van der Waals surface area (Å²) in [4.78, 5) is -0.204. The van der Waals surface area contributed by atoms with Crippen LogP contribution in [0.4, 0.5) is 5.69 Å². The summed E-state index contributed by atoms with van der Waals surface area (Å²) in [6.07, 6.45) is 0. The Bertz CT molecular complexity index is 377. The van der Waals surface area contributed by atoms with Gasteiger partial charge < -0.3 is 5.73 Å². The summed E-state index contributed by atoms with van der Waals surface area (Å²) in [5, 5.41) is 0. The van der Waals surface area contributed by atoms with Crippen molar-refractivity contribution in [2.75, 3.05) is 5.73 Å². The van der Waals surface area contributed by atoms with Gasteiger partial charge in [-0.05, 0) is 18.6 Å². The number of hydrogen-bond acceptors (Lipinski definition) is 3. The van der Waals surface area contributed by atoms with Crippen LogP contribution in [0.5, 0.6) is 0 Å². The van der Waals surface area contributed by atoms with Gasteiger partial charge in [0.25, 0.3) is 10.1 Å². The average Bonchev–Trinajstić information content (AvgIpc) is 1.82. The number of anilines is 1. The zero-order valence-electron chi connectivity index (χ0n) is 6.48. The molecule has 5 heteroatoms. The van der Waals surface area contributed by atoms with Crippen LogP contribution >= 0.6 is 0 Å². The number of rotatable bonds is 1. The highest BCUT2D eigenvalue weighted by atomic mass is 32.2. The maximum atomic E-state index is 10.8. The molecule has 1 aromatic rings. The van der Waals surface area contributed by atoms with E-state index in [0.717, 1.165) is 0 Å². The third-order valence-corrected chi connectivity index (χ3v) is 2.57. The average molecular weight is 187 g/mol. The van der Waals surface area contributed by atoms with Crippen molar-refractivity contribution in [1.82, 2.24) is 0 Å². The Morgan fingerprint density at radius 3 is 2.33 bits per heavy atom. The van der Waals surface area contributed by atoms with Crippen LogP contribution in [0.2, 0.25) is 0 Å². The van der Waals surface area contributed by atoms with Crippen molar-refractivity contribution in [2.24, 2.45) is 0 Å². The first-order valence-electron chi connectivity index (χ1n) is 3.25. The first-order valence-corrected chi connectivity index (χ1v) is 4.69. The second kappa shape index (κ2) is 2.76. The molecule has 0 aromatic heterocycles. The zero-order chi connectivity index (χ0) is 9.35. The van der Waals surface area contributed by atoms with E-state index in [-0.39, 0.29) is 10.6 Å². The second-order valence-corrected chi connectivity index (χ2v) is 3.83. The van der Waals surface area contributed by atoms with Gasteiger partial charge in [-0.25, -0.2) is 0 Å². The van der Waals surface area contributed by atoms with Crippen molar-refractivity contribution in [2.45, 2.75) is 11.8 Å². The minimum Gasteiger partial charge on any atom is -0.398 e.